The van der Waals surface area contributed by atoms with Gasteiger partial charge < -0.3 is 10.1 Å². The van der Waals surface area contributed by atoms with Crippen molar-refractivity contribution in [3.05, 3.63) is 47.9 Å². The first-order valence-electron chi connectivity index (χ1n) is 9.91. The summed E-state index contributed by atoms with van der Waals surface area (Å²) in [7, 11) is -1.61. The quantitative estimate of drug-likeness (QED) is 0.517. The summed E-state index contributed by atoms with van der Waals surface area (Å²) in [6.45, 7) is 0.778. The lowest BCUT2D eigenvalue weighted by molar-refractivity contribution is -0.141. The number of carbonyl (C=O) groups is 1. The second-order valence-electron chi connectivity index (χ2n) is 7.24. The number of thioether (sulfide) groups is 1. The van der Waals surface area contributed by atoms with Crippen LogP contribution in [0.2, 0.25) is 0 Å². The second-order valence-corrected chi connectivity index (χ2v) is 10.7. The summed E-state index contributed by atoms with van der Waals surface area (Å²) in [5, 5.41) is 7.53. The molecule has 0 spiro atoms. The van der Waals surface area contributed by atoms with Crippen molar-refractivity contribution in [2.45, 2.75) is 12.7 Å². The zero-order valence-corrected chi connectivity index (χ0v) is 19.4. The SMILES string of the molecule is COc1cc2nn(CCS(=N)(=O)C3=NCCS3)cc2cc1NC(=O)c1cccc(C(F)(F)F)n1. The number of anilines is 1. The van der Waals surface area contributed by atoms with Gasteiger partial charge in [-0.1, -0.05) is 17.8 Å². The third-order valence-electron chi connectivity index (χ3n) is 4.84. The van der Waals surface area contributed by atoms with Gasteiger partial charge in [0.25, 0.3) is 5.91 Å². The highest BCUT2D eigenvalue weighted by atomic mass is 32.3. The van der Waals surface area contributed by atoms with E-state index in [1.54, 1.807) is 23.0 Å². The number of aromatic nitrogens is 3. The molecule has 1 unspecified atom stereocenters. The Morgan fingerprint density at radius 3 is 2.82 bits per heavy atom. The van der Waals surface area contributed by atoms with Crippen molar-refractivity contribution in [3.8, 4) is 5.75 Å². The zero-order valence-electron chi connectivity index (χ0n) is 17.8. The van der Waals surface area contributed by atoms with Crippen LogP contribution in [0, 0.1) is 4.78 Å². The van der Waals surface area contributed by atoms with Gasteiger partial charge in [0.05, 0.1) is 46.9 Å². The number of hydrogen-bond donors (Lipinski definition) is 2. The Kier molecular flexibility index (Phi) is 6.53. The van der Waals surface area contributed by atoms with E-state index in [9.17, 15) is 22.2 Å². The summed E-state index contributed by atoms with van der Waals surface area (Å²) >= 11 is 1.34. The van der Waals surface area contributed by atoms with Crippen LogP contribution in [0.4, 0.5) is 18.9 Å². The highest BCUT2D eigenvalue weighted by molar-refractivity contribution is 8.35. The lowest BCUT2D eigenvalue weighted by Crippen LogP contribution is -2.17. The molecule has 2 aromatic heterocycles. The van der Waals surface area contributed by atoms with Crippen molar-refractivity contribution >= 4 is 48.4 Å². The number of hydrogen-bond acceptors (Lipinski definition) is 8. The summed E-state index contributed by atoms with van der Waals surface area (Å²) in [5.74, 6) is 0.189. The Hall–Kier alpha value is -3.13. The first-order valence-corrected chi connectivity index (χ1v) is 12.6. The smallest absolute Gasteiger partial charge is 0.433 e. The van der Waals surface area contributed by atoms with Crippen LogP contribution in [0.15, 0.2) is 41.5 Å². The lowest BCUT2D eigenvalue weighted by Gasteiger charge is -2.11. The van der Waals surface area contributed by atoms with Gasteiger partial charge in [0.2, 0.25) is 0 Å². The molecule has 0 saturated carbocycles. The number of aryl methyl sites for hydroxylation is 1. The van der Waals surface area contributed by atoms with E-state index in [-0.39, 0.29) is 23.7 Å². The van der Waals surface area contributed by atoms with E-state index in [0.717, 1.165) is 17.9 Å². The standard InChI is InChI=1S/C20H19F3N6O3S2/c1-32-16-10-14-12(11-29(28-14)6-8-34(24,31)19-25-5-7-33-19)9-15(16)27-18(30)13-3-2-4-17(26-13)20(21,22)23/h2-4,9-11,24H,5-8H2,1H3,(H,27,30). The topological polar surface area (TPSA) is 122 Å². The molecule has 1 aliphatic heterocycles. The van der Waals surface area contributed by atoms with Gasteiger partial charge in [-0.05, 0) is 18.2 Å². The van der Waals surface area contributed by atoms with E-state index in [1.807, 2.05) is 0 Å². The van der Waals surface area contributed by atoms with E-state index in [4.69, 9.17) is 9.52 Å². The highest BCUT2D eigenvalue weighted by Crippen LogP contribution is 2.31. The van der Waals surface area contributed by atoms with E-state index in [1.165, 1.54) is 24.9 Å². The van der Waals surface area contributed by atoms with Crippen molar-refractivity contribution in [2.75, 3.05) is 30.5 Å². The first-order chi connectivity index (χ1) is 16.1. The highest BCUT2D eigenvalue weighted by Gasteiger charge is 2.33. The summed E-state index contributed by atoms with van der Waals surface area (Å²) in [4.78, 5) is 20.1. The molecule has 1 aromatic carbocycles. The van der Waals surface area contributed by atoms with Crippen LogP contribution in [0.1, 0.15) is 16.2 Å². The van der Waals surface area contributed by atoms with E-state index in [0.29, 0.717) is 21.8 Å². The van der Waals surface area contributed by atoms with Crippen LogP contribution in [-0.2, 0) is 22.5 Å². The number of carbonyl (C=O) groups excluding carboxylic acids is 1. The molecule has 1 amide bonds. The molecule has 9 nitrogen and oxygen atoms in total. The number of rotatable bonds is 6. The molecule has 14 heteroatoms. The Bertz CT molecular complexity index is 1390. The molecule has 4 rings (SSSR count). The minimum atomic E-state index is -4.67. The van der Waals surface area contributed by atoms with Crippen molar-refractivity contribution in [1.82, 2.24) is 14.8 Å². The molecule has 3 heterocycles. The van der Waals surface area contributed by atoms with E-state index >= 15 is 0 Å². The number of ether oxygens (including phenoxy) is 1. The van der Waals surface area contributed by atoms with Gasteiger partial charge in [-0.25, -0.2) is 14.0 Å². The fraction of sp³-hybridized carbons (Fsp3) is 0.300. The third-order valence-corrected chi connectivity index (χ3v) is 8.22. The van der Waals surface area contributed by atoms with Gasteiger partial charge in [-0.15, -0.1) is 0 Å². The molecule has 0 fully saturated rings. The van der Waals surface area contributed by atoms with Gasteiger partial charge >= 0.3 is 6.18 Å². The maximum absolute atomic E-state index is 12.9. The van der Waals surface area contributed by atoms with Crippen molar-refractivity contribution in [2.24, 2.45) is 4.99 Å². The predicted molar refractivity (Wildman–Crippen MR) is 124 cm³/mol. The number of benzene rings is 1. The summed E-state index contributed by atoms with van der Waals surface area (Å²) < 4.78 is 66.7. The minimum absolute atomic E-state index is 0.0504. The van der Waals surface area contributed by atoms with Crippen molar-refractivity contribution in [1.29, 1.82) is 4.78 Å². The average molecular weight is 513 g/mol. The fourth-order valence-corrected chi connectivity index (χ4v) is 5.93. The Morgan fingerprint density at radius 1 is 1.35 bits per heavy atom. The van der Waals surface area contributed by atoms with E-state index in [2.05, 4.69) is 20.4 Å². The molecule has 2 N–H and O–H groups in total. The molecule has 1 atom stereocenters. The maximum Gasteiger partial charge on any atom is 0.433 e. The average Bonchev–Trinajstić information content (AvgIpc) is 3.47. The van der Waals surface area contributed by atoms with Gasteiger partial charge in [0, 0.05) is 23.4 Å². The molecule has 0 saturated heterocycles. The largest absolute Gasteiger partial charge is 0.494 e. The number of methoxy groups -OCH3 is 1. The van der Waals surface area contributed by atoms with Crippen LogP contribution < -0.4 is 10.1 Å². The fourth-order valence-electron chi connectivity index (χ4n) is 3.21. The summed E-state index contributed by atoms with van der Waals surface area (Å²) in [6, 6.07) is 6.20. The number of alkyl halides is 3. The molecule has 3 aromatic rings. The molecule has 34 heavy (non-hydrogen) atoms. The van der Waals surface area contributed by atoms with Crippen molar-refractivity contribution < 1.29 is 26.9 Å². The van der Waals surface area contributed by atoms with Gasteiger partial charge in [0.1, 0.15) is 17.1 Å². The lowest BCUT2D eigenvalue weighted by atomic mass is 10.2. The Balaban J connectivity index is 1.55. The maximum atomic E-state index is 12.9. The van der Waals surface area contributed by atoms with Crippen LogP contribution in [0.5, 0.6) is 5.75 Å². The van der Waals surface area contributed by atoms with Crippen molar-refractivity contribution in [3.63, 3.8) is 0 Å². The molecule has 0 bridgehead atoms. The molecule has 0 radical (unpaired) electrons. The van der Waals surface area contributed by atoms with Gasteiger partial charge in [-0.2, -0.15) is 18.3 Å². The number of pyridine rings is 1. The number of halogens is 3. The number of amides is 1. The monoisotopic (exact) mass is 512 g/mol. The van der Waals surface area contributed by atoms with Crippen LogP contribution in [0.3, 0.4) is 0 Å². The molecular formula is C20H19F3N6O3S2. The zero-order chi connectivity index (χ0) is 24.5. The number of nitrogens with zero attached hydrogens (tertiary/aromatic N) is 4. The van der Waals surface area contributed by atoms with Gasteiger partial charge in [-0.3, -0.25) is 14.5 Å². The Labute approximate surface area is 196 Å². The second kappa shape index (κ2) is 9.25. The summed E-state index contributed by atoms with van der Waals surface area (Å²) in [6.07, 6.45) is -3.01. The minimum Gasteiger partial charge on any atom is -0.494 e. The van der Waals surface area contributed by atoms with Crippen LogP contribution in [-0.4, -0.2) is 54.4 Å². The van der Waals surface area contributed by atoms with Crippen LogP contribution >= 0.6 is 11.8 Å². The first kappa shape index (κ1) is 24.0. The number of fused-ring (bicyclic) bond motifs is 1. The third kappa shape index (κ3) is 5.17. The molecule has 1 aliphatic rings. The Morgan fingerprint density at radius 2 is 2.15 bits per heavy atom. The summed E-state index contributed by atoms with van der Waals surface area (Å²) in [5.41, 5.74) is -0.821. The number of nitrogens with one attached hydrogen (secondary N) is 2. The van der Waals surface area contributed by atoms with Gasteiger partial charge in [0.15, 0.2) is 4.38 Å². The normalized spacial score (nSPS) is 15.7. The number of aliphatic imine (C=N–C) groups is 1. The molecular weight excluding hydrogens is 493 g/mol. The molecule has 180 valence electrons. The van der Waals surface area contributed by atoms with E-state index < -0.39 is 33.2 Å². The molecule has 0 aliphatic carbocycles. The predicted octanol–water partition coefficient (Wildman–Crippen LogP) is 3.86. The van der Waals surface area contributed by atoms with Crippen LogP contribution in [0.25, 0.3) is 10.9 Å².